The molecule has 120 valence electrons. The van der Waals surface area contributed by atoms with Crippen LogP contribution in [0.25, 0.3) is 0 Å². The third-order valence-electron chi connectivity index (χ3n) is 4.93. The predicted molar refractivity (Wildman–Crippen MR) is 89.3 cm³/mol. The Morgan fingerprint density at radius 3 is 2.15 bits per heavy atom. The molecule has 0 aromatic carbocycles. The smallest absolute Gasteiger partial charge is 0.00684 e. The highest BCUT2D eigenvalue weighted by Gasteiger charge is 2.31. The van der Waals surface area contributed by atoms with Crippen LogP contribution in [-0.4, -0.2) is 62.7 Å². The molecule has 0 aromatic rings. The van der Waals surface area contributed by atoms with E-state index < -0.39 is 0 Å². The predicted octanol–water partition coefficient (Wildman–Crippen LogP) is 2.82. The van der Waals surface area contributed by atoms with Crippen molar-refractivity contribution in [3.8, 4) is 0 Å². The number of hydrogen-bond acceptors (Lipinski definition) is 3. The molecule has 0 unspecified atom stereocenters. The zero-order valence-corrected chi connectivity index (χ0v) is 14.5. The first-order valence-electron chi connectivity index (χ1n) is 8.65. The summed E-state index contributed by atoms with van der Waals surface area (Å²) in [7, 11) is 4.33. The molecule has 1 N–H and O–H groups in total. The molecule has 0 amide bonds. The second kappa shape index (κ2) is 9.01. The maximum absolute atomic E-state index is 3.77. The van der Waals surface area contributed by atoms with E-state index >= 15 is 0 Å². The Morgan fingerprint density at radius 2 is 1.70 bits per heavy atom. The van der Waals surface area contributed by atoms with E-state index in [0.29, 0.717) is 5.41 Å². The fourth-order valence-corrected chi connectivity index (χ4v) is 2.86. The minimum absolute atomic E-state index is 0.469. The Balaban J connectivity index is 2.42. The summed E-state index contributed by atoms with van der Waals surface area (Å²) < 4.78 is 0. The van der Waals surface area contributed by atoms with E-state index in [1.807, 2.05) is 0 Å². The lowest BCUT2D eigenvalue weighted by molar-refractivity contribution is 0.134. The first kappa shape index (κ1) is 17.9. The maximum Gasteiger partial charge on any atom is 0.00684 e. The van der Waals surface area contributed by atoms with Crippen molar-refractivity contribution in [3.05, 3.63) is 0 Å². The standard InChI is InChI=1S/C17H37N3/c1-6-17(7-2,14-18-16-10-11-16)15-20(8-3)13-9-12-19(4)5/h16,18H,6-15H2,1-5H3. The van der Waals surface area contributed by atoms with E-state index in [0.717, 1.165) is 6.04 Å². The summed E-state index contributed by atoms with van der Waals surface area (Å²) in [4.78, 5) is 4.94. The molecule has 1 aliphatic carbocycles. The molecule has 3 nitrogen and oxygen atoms in total. The molecule has 0 bridgehead atoms. The van der Waals surface area contributed by atoms with Gasteiger partial charge in [-0.05, 0) is 71.2 Å². The van der Waals surface area contributed by atoms with Crippen LogP contribution in [-0.2, 0) is 0 Å². The lowest BCUT2D eigenvalue weighted by Crippen LogP contribution is -2.44. The summed E-state index contributed by atoms with van der Waals surface area (Å²) in [6, 6.07) is 0.830. The Kier molecular flexibility index (Phi) is 8.08. The van der Waals surface area contributed by atoms with E-state index in [1.54, 1.807) is 0 Å². The molecule has 0 saturated heterocycles. The van der Waals surface area contributed by atoms with E-state index in [1.165, 1.54) is 64.8 Å². The van der Waals surface area contributed by atoms with Gasteiger partial charge < -0.3 is 15.1 Å². The zero-order valence-electron chi connectivity index (χ0n) is 14.5. The number of nitrogens with zero attached hydrogens (tertiary/aromatic N) is 2. The lowest BCUT2D eigenvalue weighted by atomic mass is 9.81. The first-order valence-corrected chi connectivity index (χ1v) is 8.65. The van der Waals surface area contributed by atoms with Crippen LogP contribution in [0, 0.1) is 5.41 Å². The van der Waals surface area contributed by atoms with Gasteiger partial charge in [0.2, 0.25) is 0 Å². The summed E-state index contributed by atoms with van der Waals surface area (Å²) in [6.45, 7) is 13.1. The van der Waals surface area contributed by atoms with E-state index in [-0.39, 0.29) is 0 Å². The van der Waals surface area contributed by atoms with Gasteiger partial charge in [-0.15, -0.1) is 0 Å². The van der Waals surface area contributed by atoms with Gasteiger partial charge in [-0.3, -0.25) is 0 Å². The SMILES string of the molecule is CCN(CCCN(C)C)CC(CC)(CC)CNC1CC1. The fourth-order valence-electron chi connectivity index (χ4n) is 2.86. The Bertz CT molecular complexity index is 245. The van der Waals surface area contributed by atoms with Crippen LogP contribution in [0.4, 0.5) is 0 Å². The summed E-state index contributed by atoms with van der Waals surface area (Å²) in [5, 5.41) is 3.77. The first-order chi connectivity index (χ1) is 9.55. The van der Waals surface area contributed by atoms with Gasteiger partial charge in [0, 0.05) is 19.1 Å². The van der Waals surface area contributed by atoms with Crippen LogP contribution in [0.15, 0.2) is 0 Å². The maximum atomic E-state index is 3.77. The van der Waals surface area contributed by atoms with Crippen molar-refractivity contribution in [3.63, 3.8) is 0 Å². The van der Waals surface area contributed by atoms with Crippen LogP contribution in [0.3, 0.4) is 0 Å². The van der Waals surface area contributed by atoms with E-state index in [2.05, 4.69) is 50.0 Å². The van der Waals surface area contributed by atoms with Gasteiger partial charge in [0.25, 0.3) is 0 Å². The van der Waals surface area contributed by atoms with Gasteiger partial charge in [0.05, 0.1) is 0 Å². The minimum atomic E-state index is 0.469. The van der Waals surface area contributed by atoms with Crippen molar-refractivity contribution >= 4 is 0 Å². The van der Waals surface area contributed by atoms with Gasteiger partial charge in [-0.2, -0.15) is 0 Å². The molecule has 20 heavy (non-hydrogen) atoms. The van der Waals surface area contributed by atoms with Crippen LogP contribution >= 0.6 is 0 Å². The summed E-state index contributed by atoms with van der Waals surface area (Å²) in [6.07, 6.45) is 6.63. The number of rotatable bonds is 12. The van der Waals surface area contributed by atoms with Crippen molar-refractivity contribution in [1.29, 1.82) is 0 Å². The number of hydrogen-bond donors (Lipinski definition) is 1. The molecule has 0 radical (unpaired) electrons. The number of nitrogens with one attached hydrogen (secondary N) is 1. The lowest BCUT2D eigenvalue weighted by Gasteiger charge is -2.37. The highest BCUT2D eigenvalue weighted by Crippen LogP contribution is 2.29. The Hall–Kier alpha value is -0.120. The summed E-state index contributed by atoms with van der Waals surface area (Å²) in [5.74, 6) is 0. The van der Waals surface area contributed by atoms with Gasteiger partial charge >= 0.3 is 0 Å². The quantitative estimate of drug-likeness (QED) is 0.594. The third kappa shape index (κ3) is 6.55. The van der Waals surface area contributed by atoms with Gasteiger partial charge in [0.1, 0.15) is 0 Å². The molecule has 0 spiro atoms. The average molecular weight is 284 g/mol. The van der Waals surface area contributed by atoms with Crippen LogP contribution in [0.1, 0.15) is 52.9 Å². The summed E-state index contributed by atoms with van der Waals surface area (Å²) in [5.41, 5.74) is 0.469. The highest BCUT2D eigenvalue weighted by atomic mass is 15.1. The molecule has 1 aliphatic rings. The zero-order chi connectivity index (χ0) is 15.0. The van der Waals surface area contributed by atoms with Crippen molar-refractivity contribution in [2.24, 2.45) is 5.41 Å². The topological polar surface area (TPSA) is 18.5 Å². The van der Waals surface area contributed by atoms with Crippen molar-refractivity contribution in [2.45, 2.75) is 58.9 Å². The largest absolute Gasteiger partial charge is 0.313 e. The Labute approximate surface area is 127 Å². The molecule has 1 fully saturated rings. The molecule has 1 saturated carbocycles. The molecular formula is C17H37N3. The normalized spacial score (nSPS) is 16.4. The minimum Gasteiger partial charge on any atom is -0.313 e. The third-order valence-corrected chi connectivity index (χ3v) is 4.93. The second-order valence-corrected chi connectivity index (χ2v) is 6.89. The van der Waals surface area contributed by atoms with E-state index in [9.17, 15) is 0 Å². The van der Waals surface area contributed by atoms with Crippen molar-refractivity contribution in [1.82, 2.24) is 15.1 Å². The van der Waals surface area contributed by atoms with Gasteiger partial charge in [0.15, 0.2) is 0 Å². The van der Waals surface area contributed by atoms with Crippen LogP contribution < -0.4 is 5.32 Å². The van der Waals surface area contributed by atoms with Crippen LogP contribution in [0.2, 0.25) is 0 Å². The van der Waals surface area contributed by atoms with Crippen LogP contribution in [0.5, 0.6) is 0 Å². The monoisotopic (exact) mass is 283 g/mol. The van der Waals surface area contributed by atoms with Gasteiger partial charge in [-0.1, -0.05) is 20.8 Å². The molecule has 0 atom stereocenters. The highest BCUT2D eigenvalue weighted by molar-refractivity contribution is 4.88. The molecule has 3 heteroatoms. The molecular weight excluding hydrogens is 246 g/mol. The fraction of sp³-hybridized carbons (Fsp3) is 1.00. The molecule has 1 rings (SSSR count). The average Bonchev–Trinajstić information content (AvgIpc) is 3.26. The van der Waals surface area contributed by atoms with Crippen molar-refractivity contribution in [2.75, 3.05) is 46.8 Å². The second-order valence-electron chi connectivity index (χ2n) is 6.89. The molecule has 0 heterocycles. The molecule has 0 aromatic heterocycles. The van der Waals surface area contributed by atoms with Gasteiger partial charge in [-0.25, -0.2) is 0 Å². The van der Waals surface area contributed by atoms with E-state index in [4.69, 9.17) is 0 Å². The van der Waals surface area contributed by atoms with Crippen molar-refractivity contribution < 1.29 is 0 Å². The molecule has 0 aliphatic heterocycles. The Morgan fingerprint density at radius 1 is 1.05 bits per heavy atom. The summed E-state index contributed by atoms with van der Waals surface area (Å²) >= 11 is 0.